The molecule has 0 unspecified atom stereocenters. The fourth-order valence-corrected chi connectivity index (χ4v) is 2.35. The van der Waals surface area contributed by atoms with E-state index in [1.807, 2.05) is 18.2 Å². The van der Waals surface area contributed by atoms with Gasteiger partial charge in [-0.3, -0.25) is 9.47 Å². The van der Waals surface area contributed by atoms with E-state index in [1.54, 1.807) is 9.47 Å². The number of amides is 1. The Labute approximate surface area is 116 Å². The van der Waals surface area contributed by atoms with E-state index in [9.17, 15) is 4.79 Å². The van der Waals surface area contributed by atoms with Gasteiger partial charge in [0.05, 0.1) is 24.2 Å². The summed E-state index contributed by atoms with van der Waals surface area (Å²) in [5, 5.41) is 0. The first-order chi connectivity index (χ1) is 9.70. The molecule has 0 aliphatic carbocycles. The van der Waals surface area contributed by atoms with Gasteiger partial charge in [-0.2, -0.15) is 0 Å². The van der Waals surface area contributed by atoms with Gasteiger partial charge < -0.3 is 10.5 Å². The van der Waals surface area contributed by atoms with E-state index in [4.69, 9.17) is 16.9 Å². The molecule has 2 aromatic rings. The Morgan fingerprint density at radius 3 is 3.10 bits per heavy atom. The summed E-state index contributed by atoms with van der Waals surface area (Å²) in [6.07, 6.45) is 5.81. The number of cyclic esters (lactones) is 1. The van der Waals surface area contributed by atoms with Crippen molar-refractivity contribution in [3.63, 3.8) is 0 Å². The first kappa shape index (κ1) is 12.4. The van der Waals surface area contributed by atoms with Crippen LogP contribution in [-0.4, -0.2) is 28.8 Å². The van der Waals surface area contributed by atoms with Crippen LogP contribution in [0.5, 0.6) is 0 Å². The highest BCUT2D eigenvalue weighted by Gasteiger charge is 2.22. The minimum atomic E-state index is -0.327. The van der Waals surface area contributed by atoms with Crippen molar-refractivity contribution < 1.29 is 9.53 Å². The number of nitrogens with two attached hydrogens (primary N) is 1. The number of nitrogens with zero attached hydrogens (tertiary/aromatic N) is 3. The van der Waals surface area contributed by atoms with E-state index in [-0.39, 0.29) is 6.09 Å². The fraction of sp³-hybridized carbons (Fsp3) is 0.286. The molecule has 20 heavy (non-hydrogen) atoms. The summed E-state index contributed by atoms with van der Waals surface area (Å²) in [5.74, 6) is 2.92. The molecule has 0 radical (unpaired) electrons. The van der Waals surface area contributed by atoms with Gasteiger partial charge >= 0.3 is 6.09 Å². The normalized spacial score (nSPS) is 15.2. The molecule has 0 spiro atoms. The topological polar surface area (TPSA) is 73.4 Å². The highest BCUT2D eigenvalue weighted by molar-refractivity contribution is 5.92. The van der Waals surface area contributed by atoms with E-state index >= 15 is 0 Å². The van der Waals surface area contributed by atoms with Gasteiger partial charge in [0.25, 0.3) is 0 Å². The number of carbonyl (C=O) groups is 1. The molecule has 0 atom stereocenters. The van der Waals surface area contributed by atoms with Crippen molar-refractivity contribution in [1.29, 1.82) is 0 Å². The molecular weight excluding hydrogens is 256 g/mol. The summed E-state index contributed by atoms with van der Waals surface area (Å²) in [6, 6.07) is 5.54. The van der Waals surface area contributed by atoms with E-state index in [1.165, 1.54) is 0 Å². The lowest BCUT2D eigenvalue weighted by atomic mass is 10.2. The van der Waals surface area contributed by atoms with Crippen LogP contribution in [0, 0.1) is 12.3 Å². The number of hydrogen-bond acceptors (Lipinski definition) is 4. The minimum absolute atomic E-state index is 0.327. The molecule has 1 aromatic heterocycles. The second kappa shape index (κ2) is 4.78. The Morgan fingerprint density at radius 1 is 1.50 bits per heavy atom. The zero-order chi connectivity index (χ0) is 14.1. The third-order valence-corrected chi connectivity index (χ3v) is 3.29. The largest absolute Gasteiger partial charge is 0.449 e. The number of rotatable bonds is 2. The Bertz CT molecular complexity index is 714. The van der Waals surface area contributed by atoms with E-state index in [0.29, 0.717) is 31.2 Å². The average Bonchev–Trinajstić information content (AvgIpc) is 2.75. The van der Waals surface area contributed by atoms with Crippen LogP contribution >= 0.6 is 0 Å². The van der Waals surface area contributed by atoms with Gasteiger partial charge in [-0.1, -0.05) is 5.92 Å². The summed E-state index contributed by atoms with van der Waals surface area (Å²) in [7, 11) is 0. The molecule has 102 valence electrons. The average molecular weight is 270 g/mol. The quantitative estimate of drug-likeness (QED) is 0.841. The fourth-order valence-electron chi connectivity index (χ4n) is 2.35. The van der Waals surface area contributed by atoms with Gasteiger partial charge in [0.1, 0.15) is 0 Å². The van der Waals surface area contributed by atoms with Gasteiger partial charge in [0, 0.05) is 12.2 Å². The monoisotopic (exact) mass is 270 g/mol. The SMILES string of the molecule is C#CCn1c(N)nc2cc(N3CCCOC3=O)ccc21. The van der Waals surface area contributed by atoms with E-state index in [2.05, 4.69) is 10.9 Å². The highest BCUT2D eigenvalue weighted by atomic mass is 16.6. The zero-order valence-corrected chi connectivity index (χ0v) is 10.9. The lowest BCUT2D eigenvalue weighted by molar-refractivity contribution is 0.140. The summed E-state index contributed by atoms with van der Waals surface area (Å²) in [5.41, 5.74) is 8.18. The second-order valence-corrected chi connectivity index (χ2v) is 4.55. The number of terminal acetylenes is 1. The van der Waals surface area contributed by atoms with Gasteiger partial charge in [-0.15, -0.1) is 6.42 Å². The number of benzene rings is 1. The van der Waals surface area contributed by atoms with E-state index in [0.717, 1.165) is 17.6 Å². The Kier molecular flexibility index (Phi) is 2.95. The van der Waals surface area contributed by atoms with Gasteiger partial charge in [0.15, 0.2) is 0 Å². The molecule has 1 aromatic carbocycles. The number of hydrogen-bond donors (Lipinski definition) is 1. The molecule has 1 saturated heterocycles. The highest BCUT2D eigenvalue weighted by Crippen LogP contribution is 2.25. The lowest BCUT2D eigenvalue weighted by Gasteiger charge is -2.26. The third-order valence-electron chi connectivity index (χ3n) is 3.29. The first-order valence-corrected chi connectivity index (χ1v) is 6.34. The summed E-state index contributed by atoms with van der Waals surface area (Å²) < 4.78 is 6.79. The maximum atomic E-state index is 11.7. The number of nitrogen functional groups attached to an aromatic ring is 1. The molecule has 0 bridgehead atoms. The Balaban J connectivity index is 2.03. The van der Waals surface area contributed by atoms with Crippen molar-refractivity contribution in [3.05, 3.63) is 18.2 Å². The van der Waals surface area contributed by atoms with Crippen molar-refractivity contribution in [2.24, 2.45) is 0 Å². The van der Waals surface area contributed by atoms with Crippen LogP contribution in [0.15, 0.2) is 18.2 Å². The summed E-state index contributed by atoms with van der Waals surface area (Å²) >= 11 is 0. The molecule has 2 heterocycles. The molecule has 1 aliphatic heterocycles. The zero-order valence-electron chi connectivity index (χ0n) is 10.9. The molecule has 1 amide bonds. The number of ether oxygens (including phenoxy) is 1. The lowest BCUT2D eigenvalue weighted by Crippen LogP contribution is -2.37. The minimum Gasteiger partial charge on any atom is -0.449 e. The van der Waals surface area contributed by atoms with Crippen LogP contribution in [0.4, 0.5) is 16.4 Å². The van der Waals surface area contributed by atoms with Crippen molar-refractivity contribution in [2.45, 2.75) is 13.0 Å². The molecule has 1 aliphatic rings. The van der Waals surface area contributed by atoms with Gasteiger partial charge in [0.2, 0.25) is 5.95 Å². The summed E-state index contributed by atoms with van der Waals surface area (Å²) in [4.78, 5) is 17.6. The summed E-state index contributed by atoms with van der Waals surface area (Å²) in [6.45, 7) is 1.49. The van der Waals surface area contributed by atoms with Crippen molar-refractivity contribution in [3.8, 4) is 12.3 Å². The Morgan fingerprint density at radius 2 is 2.35 bits per heavy atom. The molecule has 3 rings (SSSR count). The van der Waals surface area contributed by atoms with E-state index < -0.39 is 0 Å². The molecule has 6 nitrogen and oxygen atoms in total. The molecule has 0 saturated carbocycles. The van der Waals surface area contributed by atoms with Gasteiger partial charge in [-0.25, -0.2) is 9.78 Å². The number of anilines is 2. The smallest absolute Gasteiger partial charge is 0.414 e. The number of aromatic nitrogens is 2. The number of imidazole rings is 1. The second-order valence-electron chi connectivity index (χ2n) is 4.55. The van der Waals surface area contributed by atoms with Crippen LogP contribution in [0.25, 0.3) is 11.0 Å². The van der Waals surface area contributed by atoms with Crippen molar-refractivity contribution >= 4 is 28.8 Å². The first-order valence-electron chi connectivity index (χ1n) is 6.34. The number of carbonyl (C=O) groups excluding carboxylic acids is 1. The molecule has 1 fully saturated rings. The molecule has 2 N–H and O–H groups in total. The van der Waals surface area contributed by atoms with Crippen molar-refractivity contribution in [2.75, 3.05) is 23.8 Å². The standard InChI is InChI=1S/C14H14N4O2/c1-2-6-18-12-5-4-10(9-11(12)16-13(18)15)17-7-3-8-20-14(17)19/h1,4-5,9H,3,6-8H2,(H2,15,16). The Hall–Kier alpha value is -2.68. The van der Waals surface area contributed by atoms with Crippen LogP contribution in [-0.2, 0) is 11.3 Å². The third kappa shape index (κ3) is 1.93. The van der Waals surface area contributed by atoms with Crippen molar-refractivity contribution in [1.82, 2.24) is 9.55 Å². The van der Waals surface area contributed by atoms with Gasteiger partial charge in [-0.05, 0) is 24.6 Å². The number of fused-ring (bicyclic) bond motifs is 1. The predicted molar refractivity (Wildman–Crippen MR) is 76.3 cm³/mol. The van der Waals surface area contributed by atoms with Crippen LogP contribution < -0.4 is 10.6 Å². The molecule has 6 heteroatoms. The van der Waals surface area contributed by atoms with Crippen LogP contribution in [0.2, 0.25) is 0 Å². The van der Waals surface area contributed by atoms with Crippen LogP contribution in [0.1, 0.15) is 6.42 Å². The predicted octanol–water partition coefficient (Wildman–Crippen LogP) is 1.60. The van der Waals surface area contributed by atoms with Crippen LogP contribution in [0.3, 0.4) is 0 Å². The maximum Gasteiger partial charge on any atom is 0.414 e. The maximum absolute atomic E-state index is 11.7. The molecular formula is C14H14N4O2.